The van der Waals surface area contributed by atoms with Gasteiger partial charge in [0.1, 0.15) is 11.6 Å². The highest BCUT2D eigenvalue weighted by Gasteiger charge is 2.13. The number of nitrogens with zero attached hydrogens (tertiary/aromatic N) is 4. The Morgan fingerprint density at radius 3 is 1.97 bits per heavy atom. The lowest BCUT2D eigenvalue weighted by Crippen LogP contribution is -2.10. The highest BCUT2D eigenvalue weighted by Crippen LogP contribution is 2.29. The summed E-state index contributed by atoms with van der Waals surface area (Å²) in [4.78, 5) is 14.2. The Labute approximate surface area is 193 Å². The molecule has 0 N–H and O–H groups in total. The molecular formula is C29H26N4. The molecule has 0 radical (unpaired) electrons. The van der Waals surface area contributed by atoms with Gasteiger partial charge in [-0.1, -0.05) is 86.3 Å². The fourth-order valence-electron chi connectivity index (χ4n) is 4.59. The van der Waals surface area contributed by atoms with Crippen molar-refractivity contribution >= 4 is 32.6 Å². The van der Waals surface area contributed by atoms with Gasteiger partial charge in [0.15, 0.2) is 5.82 Å². The molecule has 0 amide bonds. The maximum absolute atomic E-state index is 4.85. The smallest absolute Gasteiger partial charge is 0.152 e. The van der Waals surface area contributed by atoms with Gasteiger partial charge in [-0.2, -0.15) is 0 Å². The molecule has 0 aliphatic heterocycles. The van der Waals surface area contributed by atoms with Crippen LogP contribution in [0.5, 0.6) is 0 Å². The number of fused-ring (bicyclic) bond motifs is 4. The van der Waals surface area contributed by atoms with E-state index in [1.54, 1.807) is 0 Å². The van der Waals surface area contributed by atoms with Crippen molar-refractivity contribution in [1.29, 1.82) is 0 Å². The Morgan fingerprint density at radius 2 is 1.24 bits per heavy atom. The summed E-state index contributed by atoms with van der Waals surface area (Å²) in [6.07, 6.45) is 0.689. The van der Waals surface area contributed by atoms with E-state index in [0.29, 0.717) is 13.0 Å². The average Bonchev–Trinajstić information content (AvgIpc) is 3.12. The van der Waals surface area contributed by atoms with Gasteiger partial charge in [0.25, 0.3) is 0 Å². The summed E-state index contributed by atoms with van der Waals surface area (Å²) in [6.45, 7) is 2.56. The summed E-state index contributed by atoms with van der Waals surface area (Å²) in [5.41, 5.74) is 3.60. The van der Waals surface area contributed by atoms with Crippen molar-refractivity contribution < 1.29 is 0 Å². The molecule has 162 valence electrons. The molecule has 4 aromatic carbocycles. The van der Waals surface area contributed by atoms with Crippen molar-refractivity contribution in [2.24, 2.45) is 0 Å². The maximum atomic E-state index is 4.85. The van der Waals surface area contributed by atoms with Crippen LogP contribution in [0, 0.1) is 6.92 Å². The minimum absolute atomic E-state index is 0. The van der Waals surface area contributed by atoms with Crippen LogP contribution in [0.4, 0.5) is 0 Å². The van der Waals surface area contributed by atoms with Gasteiger partial charge >= 0.3 is 0 Å². The van der Waals surface area contributed by atoms with Crippen molar-refractivity contribution in [3.05, 3.63) is 114 Å². The van der Waals surface area contributed by atoms with Gasteiger partial charge < -0.3 is 4.57 Å². The molecule has 4 heteroatoms. The molecule has 0 unspecified atom stereocenters. The third-order valence-electron chi connectivity index (χ3n) is 6.00. The number of para-hydroxylation sites is 2. The molecule has 0 saturated carbocycles. The molecular weight excluding hydrogens is 404 g/mol. The zero-order chi connectivity index (χ0) is 21.5. The molecule has 0 spiro atoms. The van der Waals surface area contributed by atoms with Crippen molar-refractivity contribution in [3.63, 3.8) is 0 Å². The zero-order valence-electron chi connectivity index (χ0n) is 17.9. The first-order chi connectivity index (χ1) is 15.7. The summed E-state index contributed by atoms with van der Waals surface area (Å²) in [5, 5.41) is 4.99. The van der Waals surface area contributed by atoms with Crippen molar-refractivity contribution in [1.82, 2.24) is 19.5 Å². The van der Waals surface area contributed by atoms with E-state index in [0.717, 1.165) is 17.5 Å². The van der Waals surface area contributed by atoms with E-state index in [4.69, 9.17) is 4.98 Å². The molecule has 0 aliphatic rings. The molecule has 0 fully saturated rings. The Morgan fingerprint density at radius 1 is 0.636 bits per heavy atom. The summed E-state index contributed by atoms with van der Waals surface area (Å²) in [6, 6.07) is 32.0. The van der Waals surface area contributed by atoms with E-state index in [1.807, 2.05) is 6.92 Å². The summed E-state index contributed by atoms with van der Waals surface area (Å²) >= 11 is 0. The topological polar surface area (TPSA) is 43.6 Å². The van der Waals surface area contributed by atoms with Gasteiger partial charge in [-0.25, -0.2) is 15.0 Å². The van der Waals surface area contributed by atoms with Crippen LogP contribution in [0.2, 0.25) is 0 Å². The number of hydrogen-bond donors (Lipinski definition) is 0. The van der Waals surface area contributed by atoms with Crippen molar-refractivity contribution in [3.8, 4) is 0 Å². The highest BCUT2D eigenvalue weighted by molar-refractivity contribution is 6.08. The van der Waals surface area contributed by atoms with Crippen LogP contribution < -0.4 is 0 Å². The van der Waals surface area contributed by atoms with Crippen molar-refractivity contribution in [2.75, 3.05) is 0 Å². The van der Waals surface area contributed by atoms with E-state index >= 15 is 0 Å². The maximum Gasteiger partial charge on any atom is 0.152 e. The van der Waals surface area contributed by atoms with Gasteiger partial charge in [-0.3, -0.25) is 0 Å². The number of benzene rings is 4. The second-order valence-corrected chi connectivity index (χ2v) is 8.19. The van der Waals surface area contributed by atoms with Gasteiger partial charge in [0.05, 0.1) is 6.54 Å². The SMILES string of the molecule is C.Cc1nc(Cc2ccc3ccccc3c2)nc(Cn2c3ccccc3c3ccccc32)n1. The third kappa shape index (κ3) is 3.85. The molecule has 2 heterocycles. The highest BCUT2D eigenvalue weighted by atomic mass is 15.1. The first-order valence-electron chi connectivity index (χ1n) is 10.9. The van der Waals surface area contributed by atoms with Gasteiger partial charge in [-0.05, 0) is 35.4 Å². The zero-order valence-corrected chi connectivity index (χ0v) is 17.9. The largest absolute Gasteiger partial charge is 0.333 e. The van der Waals surface area contributed by atoms with E-state index in [9.17, 15) is 0 Å². The van der Waals surface area contributed by atoms with Gasteiger partial charge in [-0.15, -0.1) is 0 Å². The Balaban J connectivity index is 0.00000228. The number of hydrogen-bond acceptors (Lipinski definition) is 3. The number of rotatable bonds is 4. The first-order valence-corrected chi connectivity index (χ1v) is 10.9. The standard InChI is InChI=1S/C28H22N4.CH4/c1-19-29-27(17-20-14-15-21-8-2-3-9-22(21)16-20)31-28(30-19)18-32-25-12-6-4-10-23(25)24-11-5-7-13-26(24)32;/h2-16H,17-18H2,1H3;1H4. The monoisotopic (exact) mass is 430 g/mol. The third-order valence-corrected chi connectivity index (χ3v) is 6.00. The van der Waals surface area contributed by atoms with Crippen LogP contribution in [0.15, 0.2) is 91.0 Å². The second kappa shape index (κ2) is 8.47. The van der Waals surface area contributed by atoms with E-state index < -0.39 is 0 Å². The molecule has 4 nitrogen and oxygen atoms in total. The lowest BCUT2D eigenvalue weighted by Gasteiger charge is -2.09. The lowest BCUT2D eigenvalue weighted by atomic mass is 10.0. The van der Waals surface area contributed by atoms with E-state index in [1.165, 1.54) is 38.1 Å². The van der Waals surface area contributed by atoms with Crippen molar-refractivity contribution in [2.45, 2.75) is 27.3 Å². The van der Waals surface area contributed by atoms with E-state index in [-0.39, 0.29) is 7.43 Å². The first kappa shape index (κ1) is 20.8. The second-order valence-electron chi connectivity index (χ2n) is 8.19. The van der Waals surface area contributed by atoms with Crippen LogP contribution in [-0.2, 0) is 13.0 Å². The Hall–Kier alpha value is -4.05. The molecule has 6 rings (SSSR count). The minimum atomic E-state index is 0. The molecule has 2 aromatic heterocycles. The molecule has 33 heavy (non-hydrogen) atoms. The molecule has 0 bridgehead atoms. The van der Waals surface area contributed by atoms with Crippen LogP contribution in [0.25, 0.3) is 32.6 Å². The fraction of sp³-hybridized carbons (Fsp3) is 0.138. The van der Waals surface area contributed by atoms with E-state index in [2.05, 4.69) is 106 Å². The van der Waals surface area contributed by atoms with Crippen LogP contribution in [0.1, 0.15) is 30.5 Å². The molecule has 0 aliphatic carbocycles. The Bertz CT molecular complexity index is 1540. The van der Waals surface area contributed by atoms with Crippen LogP contribution in [-0.4, -0.2) is 19.5 Å². The normalized spacial score (nSPS) is 11.2. The predicted molar refractivity (Wildman–Crippen MR) is 137 cm³/mol. The number of aromatic nitrogens is 4. The summed E-state index contributed by atoms with van der Waals surface area (Å²) in [5.74, 6) is 2.36. The quantitative estimate of drug-likeness (QED) is 0.312. The summed E-state index contributed by atoms with van der Waals surface area (Å²) < 4.78 is 2.30. The molecule has 0 saturated heterocycles. The average molecular weight is 431 g/mol. The van der Waals surface area contributed by atoms with Gasteiger partial charge in [0.2, 0.25) is 0 Å². The van der Waals surface area contributed by atoms with Crippen LogP contribution in [0.3, 0.4) is 0 Å². The minimum Gasteiger partial charge on any atom is -0.333 e. The molecule has 0 atom stereocenters. The number of aryl methyl sites for hydroxylation is 1. The van der Waals surface area contributed by atoms with Crippen LogP contribution >= 0.6 is 0 Å². The summed E-state index contributed by atoms with van der Waals surface area (Å²) in [7, 11) is 0. The molecule has 6 aromatic rings. The van der Waals surface area contributed by atoms with Gasteiger partial charge in [0, 0.05) is 28.2 Å². The fourth-order valence-corrected chi connectivity index (χ4v) is 4.59. The predicted octanol–water partition coefficient (Wildman–Crippen LogP) is 6.72. The Kier molecular flexibility index (Phi) is 5.35. The lowest BCUT2D eigenvalue weighted by molar-refractivity contribution is 0.742.